The van der Waals surface area contributed by atoms with Gasteiger partial charge >= 0.3 is 0 Å². The second kappa shape index (κ2) is 6.21. The Bertz CT molecular complexity index is 675. The van der Waals surface area contributed by atoms with Crippen molar-refractivity contribution in [2.24, 2.45) is 0 Å². The van der Waals surface area contributed by atoms with Crippen molar-refractivity contribution in [2.45, 2.75) is 13.5 Å². The minimum absolute atomic E-state index is 0.0457. The summed E-state index contributed by atoms with van der Waals surface area (Å²) in [6.07, 6.45) is 0. The molecule has 2 aromatic rings. The molecule has 0 radical (unpaired) electrons. The number of phenols is 1. The highest BCUT2D eigenvalue weighted by Gasteiger charge is 2.08. The van der Waals surface area contributed by atoms with Crippen LogP contribution in [0.15, 0.2) is 36.4 Å². The van der Waals surface area contributed by atoms with E-state index in [2.05, 4.69) is 10.6 Å². The first kappa shape index (κ1) is 14.8. The SMILES string of the molecule is CC(=O)Nc1ccc(F)c(NCc2cccc(F)c2O)c1. The Morgan fingerprint density at radius 1 is 1.19 bits per heavy atom. The first-order valence-electron chi connectivity index (χ1n) is 6.24. The third-order valence-corrected chi connectivity index (χ3v) is 2.83. The zero-order valence-corrected chi connectivity index (χ0v) is 11.3. The molecule has 0 saturated carbocycles. The van der Waals surface area contributed by atoms with E-state index in [1.54, 1.807) is 0 Å². The maximum absolute atomic E-state index is 13.7. The van der Waals surface area contributed by atoms with Crippen molar-refractivity contribution in [2.75, 3.05) is 10.6 Å². The third-order valence-electron chi connectivity index (χ3n) is 2.83. The van der Waals surface area contributed by atoms with Crippen molar-refractivity contribution in [3.63, 3.8) is 0 Å². The molecule has 110 valence electrons. The molecule has 6 heteroatoms. The number of carbonyl (C=O) groups is 1. The Morgan fingerprint density at radius 3 is 2.67 bits per heavy atom. The van der Waals surface area contributed by atoms with E-state index in [4.69, 9.17) is 0 Å². The number of aromatic hydroxyl groups is 1. The molecule has 21 heavy (non-hydrogen) atoms. The van der Waals surface area contributed by atoms with Crippen LogP contribution in [0.3, 0.4) is 0 Å². The van der Waals surface area contributed by atoms with Gasteiger partial charge in [0.25, 0.3) is 0 Å². The molecular formula is C15H14F2N2O2. The zero-order valence-electron chi connectivity index (χ0n) is 11.3. The summed E-state index contributed by atoms with van der Waals surface area (Å²) >= 11 is 0. The van der Waals surface area contributed by atoms with E-state index in [1.165, 1.54) is 37.3 Å². The Hall–Kier alpha value is -2.63. The zero-order chi connectivity index (χ0) is 15.4. The summed E-state index contributed by atoms with van der Waals surface area (Å²) in [5.74, 6) is -1.99. The van der Waals surface area contributed by atoms with Gasteiger partial charge in [0.15, 0.2) is 11.6 Å². The summed E-state index contributed by atoms with van der Waals surface area (Å²) < 4.78 is 26.9. The Kier molecular flexibility index (Phi) is 4.37. The maximum atomic E-state index is 13.7. The van der Waals surface area contributed by atoms with Crippen molar-refractivity contribution in [3.05, 3.63) is 53.6 Å². The molecule has 3 N–H and O–H groups in total. The predicted molar refractivity (Wildman–Crippen MR) is 76.1 cm³/mol. The first-order valence-corrected chi connectivity index (χ1v) is 6.24. The first-order chi connectivity index (χ1) is 9.97. The maximum Gasteiger partial charge on any atom is 0.221 e. The van der Waals surface area contributed by atoms with E-state index in [9.17, 15) is 18.7 Å². The monoisotopic (exact) mass is 292 g/mol. The molecule has 0 aromatic heterocycles. The molecular weight excluding hydrogens is 278 g/mol. The molecule has 0 heterocycles. The van der Waals surface area contributed by atoms with Gasteiger partial charge in [-0.3, -0.25) is 4.79 Å². The lowest BCUT2D eigenvalue weighted by Gasteiger charge is -2.11. The number of para-hydroxylation sites is 1. The number of nitrogens with one attached hydrogen (secondary N) is 2. The van der Waals surface area contributed by atoms with Crippen LogP contribution < -0.4 is 10.6 Å². The lowest BCUT2D eigenvalue weighted by molar-refractivity contribution is -0.114. The highest BCUT2D eigenvalue weighted by Crippen LogP contribution is 2.24. The van der Waals surface area contributed by atoms with Crippen LogP contribution in [0.1, 0.15) is 12.5 Å². The molecule has 0 spiro atoms. The van der Waals surface area contributed by atoms with Gasteiger partial charge in [-0.1, -0.05) is 12.1 Å². The second-order valence-corrected chi connectivity index (χ2v) is 4.48. The number of hydrogen-bond donors (Lipinski definition) is 3. The van der Waals surface area contributed by atoms with Crippen molar-refractivity contribution in [1.82, 2.24) is 0 Å². The summed E-state index contributed by atoms with van der Waals surface area (Å²) in [4.78, 5) is 11.0. The Balaban J connectivity index is 2.15. The highest BCUT2D eigenvalue weighted by molar-refractivity contribution is 5.89. The van der Waals surface area contributed by atoms with Gasteiger partial charge in [0.2, 0.25) is 5.91 Å². The van der Waals surface area contributed by atoms with Crippen LogP contribution in [0.2, 0.25) is 0 Å². The van der Waals surface area contributed by atoms with Crippen LogP contribution in [-0.2, 0) is 11.3 Å². The molecule has 0 fully saturated rings. The van der Waals surface area contributed by atoms with Gasteiger partial charge in [0.1, 0.15) is 5.82 Å². The van der Waals surface area contributed by atoms with Gasteiger partial charge in [-0.2, -0.15) is 0 Å². The van der Waals surface area contributed by atoms with Crippen molar-refractivity contribution >= 4 is 17.3 Å². The number of anilines is 2. The Labute approximate surface area is 120 Å². The van der Waals surface area contributed by atoms with Crippen molar-refractivity contribution < 1.29 is 18.7 Å². The lowest BCUT2D eigenvalue weighted by Crippen LogP contribution is -2.07. The quantitative estimate of drug-likeness (QED) is 0.810. The number of carbonyl (C=O) groups excluding carboxylic acids is 1. The topological polar surface area (TPSA) is 61.4 Å². The number of benzene rings is 2. The van der Waals surface area contributed by atoms with Crippen molar-refractivity contribution in [3.8, 4) is 5.75 Å². The van der Waals surface area contributed by atoms with E-state index < -0.39 is 17.4 Å². The summed E-state index contributed by atoms with van der Waals surface area (Å²) in [5.41, 5.74) is 0.888. The normalized spacial score (nSPS) is 10.2. The van der Waals surface area contributed by atoms with Crippen LogP contribution in [0.4, 0.5) is 20.2 Å². The average molecular weight is 292 g/mol. The number of phenolic OH excluding ortho intramolecular Hbond substituents is 1. The van der Waals surface area contributed by atoms with Crippen LogP contribution in [0.25, 0.3) is 0 Å². The van der Waals surface area contributed by atoms with Crippen LogP contribution in [0.5, 0.6) is 5.75 Å². The Morgan fingerprint density at radius 2 is 1.95 bits per heavy atom. The predicted octanol–water partition coefficient (Wildman–Crippen LogP) is 3.24. The summed E-state index contributed by atoms with van der Waals surface area (Å²) in [6, 6.07) is 8.18. The smallest absolute Gasteiger partial charge is 0.221 e. The van der Waals surface area contributed by atoms with E-state index in [1.807, 2.05) is 0 Å². The van der Waals surface area contributed by atoms with E-state index >= 15 is 0 Å². The minimum atomic E-state index is -0.734. The van der Waals surface area contributed by atoms with E-state index in [-0.39, 0.29) is 18.1 Å². The molecule has 4 nitrogen and oxygen atoms in total. The molecule has 0 saturated heterocycles. The standard InChI is InChI=1S/C15H14F2N2O2/c1-9(20)19-11-5-6-12(16)14(7-11)18-8-10-3-2-4-13(17)15(10)21/h2-7,18,21H,8H2,1H3,(H,19,20). The molecule has 0 aliphatic carbocycles. The summed E-state index contributed by atoms with van der Waals surface area (Å²) in [5, 5.41) is 14.8. The highest BCUT2D eigenvalue weighted by atomic mass is 19.1. The molecule has 2 rings (SSSR count). The summed E-state index contributed by atoms with van der Waals surface area (Å²) in [6.45, 7) is 1.39. The fourth-order valence-corrected chi connectivity index (χ4v) is 1.83. The number of hydrogen-bond acceptors (Lipinski definition) is 3. The molecule has 0 aliphatic rings. The van der Waals surface area contributed by atoms with Crippen LogP contribution in [-0.4, -0.2) is 11.0 Å². The molecule has 0 aliphatic heterocycles. The van der Waals surface area contributed by atoms with E-state index in [0.717, 1.165) is 6.07 Å². The van der Waals surface area contributed by atoms with Gasteiger partial charge in [-0.15, -0.1) is 0 Å². The molecule has 0 bridgehead atoms. The van der Waals surface area contributed by atoms with Gasteiger partial charge in [-0.05, 0) is 24.3 Å². The fourth-order valence-electron chi connectivity index (χ4n) is 1.83. The molecule has 0 atom stereocenters. The molecule has 1 amide bonds. The summed E-state index contributed by atoms with van der Waals surface area (Å²) in [7, 11) is 0. The fraction of sp³-hybridized carbons (Fsp3) is 0.133. The van der Waals surface area contributed by atoms with Gasteiger partial charge in [0, 0.05) is 24.7 Å². The number of amides is 1. The second-order valence-electron chi connectivity index (χ2n) is 4.48. The lowest BCUT2D eigenvalue weighted by atomic mass is 10.2. The average Bonchev–Trinajstić information content (AvgIpc) is 2.43. The van der Waals surface area contributed by atoms with Gasteiger partial charge in [0.05, 0.1) is 5.69 Å². The molecule has 0 unspecified atom stereocenters. The largest absolute Gasteiger partial charge is 0.505 e. The van der Waals surface area contributed by atoms with E-state index in [0.29, 0.717) is 11.3 Å². The minimum Gasteiger partial charge on any atom is -0.505 e. The van der Waals surface area contributed by atoms with Crippen LogP contribution in [0, 0.1) is 11.6 Å². The number of rotatable bonds is 4. The third kappa shape index (κ3) is 3.68. The molecule has 2 aromatic carbocycles. The number of halogens is 2. The van der Waals surface area contributed by atoms with Crippen LogP contribution >= 0.6 is 0 Å². The van der Waals surface area contributed by atoms with Gasteiger partial charge in [-0.25, -0.2) is 8.78 Å². The van der Waals surface area contributed by atoms with Crippen molar-refractivity contribution in [1.29, 1.82) is 0 Å². The van der Waals surface area contributed by atoms with Gasteiger partial charge < -0.3 is 15.7 Å².